The quantitative estimate of drug-likeness (QED) is 0.705. The molecule has 0 aliphatic carbocycles. The summed E-state index contributed by atoms with van der Waals surface area (Å²) >= 11 is 0. The van der Waals surface area contributed by atoms with Gasteiger partial charge in [0, 0.05) is 24.5 Å². The van der Waals surface area contributed by atoms with E-state index in [0.29, 0.717) is 5.95 Å². The molecule has 0 fully saturated rings. The first-order valence-corrected chi connectivity index (χ1v) is 4.15. The first-order chi connectivity index (χ1) is 6.77. The van der Waals surface area contributed by atoms with Crippen molar-refractivity contribution in [2.45, 2.75) is 6.92 Å². The number of hydrogen-bond donors (Lipinski definition) is 1. The maximum Gasteiger partial charge on any atom is 0.245 e. The fraction of sp³-hybridized carbons (Fsp3) is 0.250. The Morgan fingerprint density at radius 3 is 3.00 bits per heavy atom. The van der Waals surface area contributed by atoms with Crippen LogP contribution in [0.25, 0.3) is 0 Å². The van der Waals surface area contributed by atoms with E-state index < -0.39 is 0 Å². The zero-order valence-corrected chi connectivity index (χ0v) is 7.97. The molecule has 2 aromatic heterocycles. The van der Waals surface area contributed by atoms with Crippen LogP contribution in [0.1, 0.15) is 11.3 Å². The average Bonchev–Trinajstić information content (AvgIpc) is 2.77. The number of rotatable bonds is 2. The predicted octanol–water partition coefficient (Wildman–Crippen LogP) is 0.597. The van der Waals surface area contributed by atoms with Crippen molar-refractivity contribution in [3.05, 3.63) is 23.8 Å². The van der Waals surface area contributed by atoms with E-state index in [4.69, 9.17) is 0 Å². The molecule has 0 saturated heterocycles. The van der Waals surface area contributed by atoms with Gasteiger partial charge >= 0.3 is 0 Å². The summed E-state index contributed by atoms with van der Waals surface area (Å²) in [6.07, 6.45) is 4.89. The third kappa shape index (κ3) is 1.54. The summed E-state index contributed by atoms with van der Waals surface area (Å²) in [7, 11) is 1.89. The standard InChI is InChI=1S/C8H10N6/c1-6-7(4-12-14(6)2)3-9-8-10-5-11-13-8/h3-5H,1-2H3,(H,10,11,13). The summed E-state index contributed by atoms with van der Waals surface area (Å²) in [5.41, 5.74) is 2.04. The van der Waals surface area contributed by atoms with E-state index in [2.05, 4.69) is 25.3 Å². The molecule has 6 heteroatoms. The zero-order chi connectivity index (χ0) is 9.97. The molecule has 2 aromatic rings. The lowest BCUT2D eigenvalue weighted by Crippen LogP contribution is -1.93. The van der Waals surface area contributed by atoms with E-state index >= 15 is 0 Å². The van der Waals surface area contributed by atoms with Crippen LogP contribution in [-0.2, 0) is 7.05 Å². The maximum absolute atomic E-state index is 4.10. The number of hydrogen-bond acceptors (Lipinski definition) is 4. The minimum Gasteiger partial charge on any atom is -0.272 e. The van der Waals surface area contributed by atoms with Gasteiger partial charge in [0.05, 0.1) is 6.20 Å². The lowest BCUT2D eigenvalue weighted by Gasteiger charge is -1.92. The van der Waals surface area contributed by atoms with Crippen LogP contribution in [0.15, 0.2) is 17.5 Å². The number of nitrogens with zero attached hydrogens (tertiary/aromatic N) is 5. The van der Waals surface area contributed by atoms with Gasteiger partial charge in [0.1, 0.15) is 6.33 Å². The third-order valence-electron chi connectivity index (χ3n) is 2.00. The fourth-order valence-electron chi connectivity index (χ4n) is 1.03. The summed E-state index contributed by atoms with van der Waals surface area (Å²) in [4.78, 5) is 7.98. The van der Waals surface area contributed by atoms with E-state index in [0.717, 1.165) is 11.3 Å². The van der Waals surface area contributed by atoms with E-state index in [9.17, 15) is 0 Å². The smallest absolute Gasteiger partial charge is 0.245 e. The van der Waals surface area contributed by atoms with E-state index in [1.807, 2.05) is 14.0 Å². The molecule has 14 heavy (non-hydrogen) atoms. The minimum atomic E-state index is 0.494. The Kier molecular flexibility index (Phi) is 2.10. The summed E-state index contributed by atoms with van der Waals surface area (Å²) in [5.74, 6) is 0.494. The van der Waals surface area contributed by atoms with Crippen LogP contribution in [0.5, 0.6) is 0 Å². The van der Waals surface area contributed by atoms with Gasteiger partial charge in [-0.15, -0.1) is 0 Å². The molecular formula is C8H10N6. The first kappa shape index (κ1) is 8.61. The van der Waals surface area contributed by atoms with E-state index in [1.165, 1.54) is 6.33 Å². The second-order valence-corrected chi connectivity index (χ2v) is 2.88. The highest BCUT2D eigenvalue weighted by atomic mass is 15.3. The van der Waals surface area contributed by atoms with Gasteiger partial charge in [0.25, 0.3) is 0 Å². The molecule has 6 nitrogen and oxygen atoms in total. The van der Waals surface area contributed by atoms with Crippen LogP contribution in [0.2, 0.25) is 0 Å². The molecule has 0 aliphatic heterocycles. The lowest BCUT2D eigenvalue weighted by atomic mass is 10.3. The van der Waals surface area contributed by atoms with Gasteiger partial charge in [-0.3, -0.25) is 4.68 Å². The molecule has 0 amide bonds. The molecule has 0 aliphatic rings. The molecule has 0 spiro atoms. The summed E-state index contributed by atoms with van der Waals surface area (Å²) in [6.45, 7) is 1.98. The second-order valence-electron chi connectivity index (χ2n) is 2.88. The molecule has 0 radical (unpaired) electrons. The Hall–Kier alpha value is -1.98. The molecular weight excluding hydrogens is 180 g/mol. The minimum absolute atomic E-state index is 0.494. The Labute approximate surface area is 80.7 Å². The van der Waals surface area contributed by atoms with Crippen LogP contribution in [0.4, 0.5) is 5.95 Å². The Morgan fingerprint density at radius 1 is 1.57 bits per heavy atom. The number of aromatic nitrogens is 5. The van der Waals surface area contributed by atoms with Gasteiger partial charge in [-0.2, -0.15) is 15.2 Å². The molecule has 1 N–H and O–H groups in total. The molecule has 0 bridgehead atoms. The monoisotopic (exact) mass is 190 g/mol. The van der Waals surface area contributed by atoms with E-state index in [1.54, 1.807) is 17.1 Å². The lowest BCUT2D eigenvalue weighted by molar-refractivity contribution is 0.740. The average molecular weight is 190 g/mol. The van der Waals surface area contributed by atoms with Gasteiger partial charge in [-0.05, 0) is 6.92 Å². The molecule has 72 valence electrons. The Bertz CT molecular complexity index is 438. The van der Waals surface area contributed by atoms with Crippen LogP contribution >= 0.6 is 0 Å². The first-order valence-electron chi connectivity index (χ1n) is 4.15. The SMILES string of the molecule is Cc1c(C=Nc2ncn[nH]2)cnn1C. The number of aliphatic imine (C=N–C) groups is 1. The van der Waals surface area contributed by atoms with Crippen molar-refractivity contribution in [1.29, 1.82) is 0 Å². The molecule has 0 unspecified atom stereocenters. The number of aryl methyl sites for hydroxylation is 1. The second kappa shape index (κ2) is 3.41. The maximum atomic E-state index is 4.10. The normalized spacial score (nSPS) is 11.3. The van der Waals surface area contributed by atoms with E-state index in [-0.39, 0.29) is 0 Å². The third-order valence-corrected chi connectivity index (χ3v) is 2.00. The Morgan fingerprint density at radius 2 is 2.43 bits per heavy atom. The van der Waals surface area contributed by atoms with Crippen LogP contribution in [0.3, 0.4) is 0 Å². The van der Waals surface area contributed by atoms with Crippen molar-refractivity contribution in [2.75, 3.05) is 0 Å². The molecule has 0 aromatic carbocycles. The van der Waals surface area contributed by atoms with Crippen molar-refractivity contribution in [3.63, 3.8) is 0 Å². The van der Waals surface area contributed by atoms with Gasteiger partial charge in [-0.1, -0.05) is 0 Å². The van der Waals surface area contributed by atoms with Crippen molar-refractivity contribution >= 4 is 12.2 Å². The van der Waals surface area contributed by atoms with Crippen molar-refractivity contribution in [1.82, 2.24) is 25.0 Å². The van der Waals surface area contributed by atoms with Crippen molar-refractivity contribution in [2.24, 2.45) is 12.0 Å². The van der Waals surface area contributed by atoms with Gasteiger partial charge in [0.2, 0.25) is 5.95 Å². The number of H-pyrrole nitrogens is 1. The largest absolute Gasteiger partial charge is 0.272 e. The highest BCUT2D eigenvalue weighted by Crippen LogP contribution is 2.04. The van der Waals surface area contributed by atoms with Crippen molar-refractivity contribution < 1.29 is 0 Å². The highest BCUT2D eigenvalue weighted by molar-refractivity contribution is 5.82. The van der Waals surface area contributed by atoms with Gasteiger partial charge < -0.3 is 0 Å². The van der Waals surface area contributed by atoms with Crippen LogP contribution < -0.4 is 0 Å². The number of nitrogens with one attached hydrogen (secondary N) is 1. The number of aromatic amines is 1. The fourth-order valence-corrected chi connectivity index (χ4v) is 1.03. The van der Waals surface area contributed by atoms with Crippen LogP contribution in [0, 0.1) is 6.92 Å². The topological polar surface area (TPSA) is 71.8 Å². The van der Waals surface area contributed by atoms with Gasteiger partial charge in [-0.25, -0.2) is 10.1 Å². The van der Waals surface area contributed by atoms with Crippen molar-refractivity contribution in [3.8, 4) is 0 Å². The molecule has 0 atom stereocenters. The predicted molar refractivity (Wildman–Crippen MR) is 51.6 cm³/mol. The molecule has 2 rings (SSSR count). The summed E-state index contributed by atoms with van der Waals surface area (Å²) < 4.78 is 1.79. The Balaban J connectivity index is 2.23. The summed E-state index contributed by atoms with van der Waals surface area (Å²) in [6, 6.07) is 0. The summed E-state index contributed by atoms with van der Waals surface area (Å²) in [5, 5.41) is 10.4. The highest BCUT2D eigenvalue weighted by Gasteiger charge is 1.99. The van der Waals surface area contributed by atoms with Crippen LogP contribution in [-0.4, -0.2) is 31.2 Å². The molecule has 2 heterocycles. The molecule has 0 saturated carbocycles. The zero-order valence-electron chi connectivity index (χ0n) is 7.97. The van der Waals surface area contributed by atoms with Gasteiger partial charge in [0.15, 0.2) is 0 Å².